The van der Waals surface area contributed by atoms with Crippen molar-refractivity contribution in [2.24, 2.45) is 0 Å². The molecular formula is C15H18ClN3O. The molecule has 0 bridgehead atoms. The van der Waals surface area contributed by atoms with E-state index in [1.807, 2.05) is 31.3 Å². The van der Waals surface area contributed by atoms with Crippen LogP contribution in [0.4, 0.5) is 5.69 Å². The third-order valence-electron chi connectivity index (χ3n) is 3.23. The SMILES string of the molecule is CC(=O)N(C)CCCNc1ccnc2cc(Cl)ccc12. The zero-order valence-electron chi connectivity index (χ0n) is 11.7. The van der Waals surface area contributed by atoms with Crippen LogP contribution < -0.4 is 5.32 Å². The molecule has 1 amide bonds. The van der Waals surface area contributed by atoms with Gasteiger partial charge in [0.25, 0.3) is 0 Å². The van der Waals surface area contributed by atoms with Gasteiger partial charge < -0.3 is 10.2 Å². The molecule has 1 heterocycles. The average molecular weight is 292 g/mol. The molecule has 106 valence electrons. The van der Waals surface area contributed by atoms with Crippen LogP contribution in [0.5, 0.6) is 0 Å². The number of hydrogen-bond acceptors (Lipinski definition) is 3. The summed E-state index contributed by atoms with van der Waals surface area (Å²) in [5, 5.41) is 5.12. The Hall–Kier alpha value is -1.81. The molecule has 1 N–H and O–H groups in total. The number of carbonyl (C=O) groups is 1. The van der Waals surface area contributed by atoms with E-state index in [0.717, 1.165) is 36.1 Å². The van der Waals surface area contributed by atoms with Crippen molar-refractivity contribution in [1.29, 1.82) is 0 Å². The first-order valence-corrected chi connectivity index (χ1v) is 6.95. The second-order valence-corrected chi connectivity index (χ2v) is 5.18. The molecule has 0 unspecified atom stereocenters. The quantitative estimate of drug-likeness (QED) is 0.861. The Morgan fingerprint density at radius 1 is 1.40 bits per heavy atom. The fraction of sp³-hybridized carbons (Fsp3) is 0.333. The van der Waals surface area contributed by atoms with Crippen molar-refractivity contribution in [2.75, 3.05) is 25.5 Å². The Morgan fingerprint density at radius 3 is 2.95 bits per heavy atom. The normalized spacial score (nSPS) is 10.6. The summed E-state index contributed by atoms with van der Waals surface area (Å²) in [6.07, 6.45) is 2.66. The first kappa shape index (κ1) is 14.6. The molecule has 0 radical (unpaired) electrons. The van der Waals surface area contributed by atoms with E-state index in [2.05, 4.69) is 10.3 Å². The third-order valence-corrected chi connectivity index (χ3v) is 3.46. The number of nitrogens with zero attached hydrogens (tertiary/aromatic N) is 2. The van der Waals surface area contributed by atoms with Crippen molar-refractivity contribution in [3.63, 3.8) is 0 Å². The molecule has 2 rings (SSSR count). The highest BCUT2D eigenvalue weighted by Crippen LogP contribution is 2.24. The fourth-order valence-electron chi connectivity index (χ4n) is 1.97. The Labute approximate surface area is 123 Å². The summed E-state index contributed by atoms with van der Waals surface area (Å²) in [6, 6.07) is 7.63. The number of aromatic nitrogens is 1. The summed E-state index contributed by atoms with van der Waals surface area (Å²) in [5.41, 5.74) is 1.92. The number of hydrogen-bond donors (Lipinski definition) is 1. The van der Waals surface area contributed by atoms with Crippen molar-refractivity contribution in [3.8, 4) is 0 Å². The lowest BCUT2D eigenvalue weighted by molar-refractivity contribution is -0.127. The van der Waals surface area contributed by atoms with Crippen molar-refractivity contribution in [1.82, 2.24) is 9.88 Å². The molecule has 0 spiro atoms. The number of anilines is 1. The van der Waals surface area contributed by atoms with Crippen LogP contribution in [-0.4, -0.2) is 35.9 Å². The van der Waals surface area contributed by atoms with E-state index in [0.29, 0.717) is 5.02 Å². The topological polar surface area (TPSA) is 45.2 Å². The maximum absolute atomic E-state index is 11.1. The number of nitrogens with one attached hydrogen (secondary N) is 1. The van der Waals surface area contributed by atoms with Crippen LogP contribution in [0.3, 0.4) is 0 Å². The molecule has 0 aliphatic rings. The minimum absolute atomic E-state index is 0.0917. The lowest BCUT2D eigenvalue weighted by Gasteiger charge is -2.15. The predicted octanol–water partition coefficient (Wildman–Crippen LogP) is 3.17. The molecule has 0 saturated heterocycles. The van der Waals surface area contributed by atoms with Crippen LogP contribution in [0.15, 0.2) is 30.5 Å². The van der Waals surface area contributed by atoms with Crippen LogP contribution in [0, 0.1) is 0 Å². The van der Waals surface area contributed by atoms with E-state index in [-0.39, 0.29) is 5.91 Å². The van der Waals surface area contributed by atoms with Gasteiger partial charge in [-0.25, -0.2) is 0 Å². The average Bonchev–Trinajstić information content (AvgIpc) is 2.42. The van der Waals surface area contributed by atoms with Gasteiger partial charge in [0.05, 0.1) is 5.52 Å². The van der Waals surface area contributed by atoms with Crippen molar-refractivity contribution < 1.29 is 4.79 Å². The first-order valence-electron chi connectivity index (χ1n) is 6.58. The van der Waals surface area contributed by atoms with Crippen LogP contribution in [-0.2, 0) is 4.79 Å². The van der Waals surface area contributed by atoms with E-state index >= 15 is 0 Å². The minimum Gasteiger partial charge on any atom is -0.384 e. The van der Waals surface area contributed by atoms with E-state index < -0.39 is 0 Å². The molecule has 4 nitrogen and oxygen atoms in total. The van der Waals surface area contributed by atoms with Gasteiger partial charge in [-0.1, -0.05) is 11.6 Å². The Balaban J connectivity index is 1.98. The predicted molar refractivity (Wildman–Crippen MR) is 83.2 cm³/mol. The van der Waals surface area contributed by atoms with E-state index in [9.17, 15) is 4.79 Å². The summed E-state index contributed by atoms with van der Waals surface area (Å²) in [6.45, 7) is 3.13. The lowest BCUT2D eigenvalue weighted by atomic mass is 10.2. The summed E-state index contributed by atoms with van der Waals surface area (Å²) >= 11 is 5.96. The molecule has 5 heteroatoms. The largest absolute Gasteiger partial charge is 0.384 e. The number of halogens is 1. The molecule has 0 fully saturated rings. The summed E-state index contributed by atoms with van der Waals surface area (Å²) in [7, 11) is 1.81. The second kappa shape index (κ2) is 6.57. The Bertz CT molecular complexity index is 615. The zero-order chi connectivity index (χ0) is 14.5. The lowest BCUT2D eigenvalue weighted by Crippen LogP contribution is -2.26. The highest BCUT2D eigenvalue weighted by molar-refractivity contribution is 6.31. The smallest absolute Gasteiger partial charge is 0.219 e. The molecule has 0 aliphatic heterocycles. The molecule has 0 saturated carbocycles. The molecular weight excluding hydrogens is 274 g/mol. The number of amides is 1. The number of pyridine rings is 1. The highest BCUT2D eigenvalue weighted by atomic mass is 35.5. The van der Waals surface area contributed by atoms with Crippen molar-refractivity contribution in [3.05, 3.63) is 35.5 Å². The summed E-state index contributed by atoms with van der Waals surface area (Å²) in [4.78, 5) is 17.1. The Kier molecular flexibility index (Phi) is 4.79. The molecule has 2 aromatic rings. The van der Waals surface area contributed by atoms with E-state index in [1.54, 1.807) is 18.0 Å². The van der Waals surface area contributed by atoms with Gasteiger partial charge >= 0.3 is 0 Å². The van der Waals surface area contributed by atoms with Gasteiger partial charge in [0.2, 0.25) is 5.91 Å². The van der Waals surface area contributed by atoms with Gasteiger partial charge in [0, 0.05) is 49.4 Å². The third kappa shape index (κ3) is 3.61. The molecule has 1 aromatic heterocycles. The van der Waals surface area contributed by atoms with E-state index in [1.165, 1.54) is 0 Å². The van der Waals surface area contributed by atoms with Crippen LogP contribution >= 0.6 is 11.6 Å². The minimum atomic E-state index is 0.0917. The summed E-state index contributed by atoms with van der Waals surface area (Å²) < 4.78 is 0. The van der Waals surface area contributed by atoms with Gasteiger partial charge in [-0.05, 0) is 30.7 Å². The van der Waals surface area contributed by atoms with Crippen molar-refractivity contribution >= 4 is 34.1 Å². The van der Waals surface area contributed by atoms with Gasteiger partial charge in [-0.15, -0.1) is 0 Å². The van der Waals surface area contributed by atoms with Gasteiger partial charge in [0.15, 0.2) is 0 Å². The summed E-state index contributed by atoms with van der Waals surface area (Å²) in [5.74, 6) is 0.0917. The molecule has 20 heavy (non-hydrogen) atoms. The van der Waals surface area contributed by atoms with Crippen LogP contribution in [0.25, 0.3) is 10.9 Å². The maximum atomic E-state index is 11.1. The van der Waals surface area contributed by atoms with Crippen molar-refractivity contribution in [2.45, 2.75) is 13.3 Å². The highest BCUT2D eigenvalue weighted by Gasteiger charge is 2.03. The van der Waals surface area contributed by atoms with Gasteiger partial charge in [-0.2, -0.15) is 0 Å². The Morgan fingerprint density at radius 2 is 2.20 bits per heavy atom. The van der Waals surface area contributed by atoms with E-state index in [4.69, 9.17) is 11.6 Å². The first-order chi connectivity index (χ1) is 9.58. The number of rotatable bonds is 5. The second-order valence-electron chi connectivity index (χ2n) is 4.74. The number of benzene rings is 1. The van der Waals surface area contributed by atoms with Gasteiger partial charge in [0.1, 0.15) is 0 Å². The van der Waals surface area contributed by atoms with Gasteiger partial charge in [-0.3, -0.25) is 9.78 Å². The van der Waals surface area contributed by atoms with Crippen LogP contribution in [0.2, 0.25) is 5.02 Å². The monoisotopic (exact) mass is 291 g/mol. The fourth-order valence-corrected chi connectivity index (χ4v) is 2.14. The number of carbonyl (C=O) groups excluding carboxylic acids is 1. The zero-order valence-corrected chi connectivity index (χ0v) is 12.4. The number of fused-ring (bicyclic) bond motifs is 1. The standard InChI is InChI=1S/C15H18ClN3O/c1-11(20)19(2)9-3-7-17-14-6-8-18-15-10-12(16)4-5-13(14)15/h4-6,8,10H,3,7,9H2,1-2H3,(H,17,18). The molecule has 1 aromatic carbocycles. The maximum Gasteiger partial charge on any atom is 0.219 e. The molecule has 0 aliphatic carbocycles. The van der Waals surface area contributed by atoms with Crippen LogP contribution in [0.1, 0.15) is 13.3 Å². The molecule has 0 atom stereocenters.